The van der Waals surface area contributed by atoms with Crippen LogP contribution in [0.3, 0.4) is 0 Å². The molecule has 0 aromatic heterocycles. The number of rotatable bonds is 4. The lowest BCUT2D eigenvalue weighted by Gasteiger charge is -2.06. The molecular weight excluding hydrogens is 152 g/mol. The number of esters is 1. The first-order chi connectivity index (χ1) is 5.77. The molecule has 0 spiro atoms. The molecule has 1 aliphatic heterocycles. The van der Waals surface area contributed by atoms with Crippen LogP contribution in [0.25, 0.3) is 0 Å². The quantitative estimate of drug-likeness (QED) is 0.475. The van der Waals surface area contributed by atoms with Gasteiger partial charge in [-0.3, -0.25) is 4.79 Å². The van der Waals surface area contributed by atoms with Crippen LogP contribution in [-0.2, 0) is 9.53 Å². The van der Waals surface area contributed by atoms with Crippen molar-refractivity contribution in [2.45, 2.75) is 38.7 Å². The SMILES string of the molecule is C=CC1CC(CCCC)OC1=O. The largest absolute Gasteiger partial charge is 0.462 e. The summed E-state index contributed by atoms with van der Waals surface area (Å²) in [5.74, 6) is -0.141. The van der Waals surface area contributed by atoms with Gasteiger partial charge in [0, 0.05) is 6.42 Å². The normalized spacial score (nSPS) is 28.6. The fourth-order valence-electron chi connectivity index (χ4n) is 1.48. The second-order valence-corrected chi connectivity index (χ2v) is 3.28. The molecule has 0 saturated carbocycles. The van der Waals surface area contributed by atoms with Gasteiger partial charge in [-0.15, -0.1) is 6.58 Å². The van der Waals surface area contributed by atoms with Gasteiger partial charge in [-0.05, 0) is 6.42 Å². The van der Waals surface area contributed by atoms with Crippen molar-refractivity contribution in [2.24, 2.45) is 5.92 Å². The molecule has 68 valence electrons. The maximum Gasteiger partial charge on any atom is 0.313 e. The Morgan fingerprint density at radius 2 is 2.50 bits per heavy atom. The summed E-state index contributed by atoms with van der Waals surface area (Å²) in [4.78, 5) is 11.1. The molecule has 2 nitrogen and oxygen atoms in total. The molecule has 1 saturated heterocycles. The van der Waals surface area contributed by atoms with E-state index in [4.69, 9.17) is 4.74 Å². The molecule has 0 aromatic rings. The second-order valence-electron chi connectivity index (χ2n) is 3.28. The second kappa shape index (κ2) is 4.29. The van der Waals surface area contributed by atoms with Crippen molar-refractivity contribution in [3.8, 4) is 0 Å². The monoisotopic (exact) mass is 168 g/mol. The van der Waals surface area contributed by atoms with Gasteiger partial charge in [0.05, 0.1) is 5.92 Å². The number of unbranched alkanes of at least 4 members (excludes halogenated alkanes) is 1. The predicted octanol–water partition coefficient (Wildman–Crippen LogP) is 2.29. The number of carbonyl (C=O) groups excluding carboxylic acids is 1. The molecule has 0 N–H and O–H groups in total. The van der Waals surface area contributed by atoms with Crippen molar-refractivity contribution in [2.75, 3.05) is 0 Å². The molecule has 12 heavy (non-hydrogen) atoms. The number of carbonyl (C=O) groups is 1. The van der Waals surface area contributed by atoms with E-state index >= 15 is 0 Å². The van der Waals surface area contributed by atoms with Crippen LogP contribution >= 0.6 is 0 Å². The number of hydrogen-bond acceptors (Lipinski definition) is 2. The van der Waals surface area contributed by atoms with Gasteiger partial charge in [0.2, 0.25) is 0 Å². The maximum absolute atomic E-state index is 11.1. The van der Waals surface area contributed by atoms with E-state index in [2.05, 4.69) is 13.5 Å². The Balaban J connectivity index is 2.32. The molecule has 2 heteroatoms. The summed E-state index contributed by atoms with van der Waals surface area (Å²) >= 11 is 0. The summed E-state index contributed by atoms with van der Waals surface area (Å²) in [5.41, 5.74) is 0. The third kappa shape index (κ3) is 2.10. The highest BCUT2D eigenvalue weighted by Crippen LogP contribution is 2.25. The highest BCUT2D eigenvalue weighted by atomic mass is 16.5. The van der Waals surface area contributed by atoms with E-state index in [0.29, 0.717) is 0 Å². The Labute approximate surface area is 73.6 Å². The first-order valence-electron chi connectivity index (χ1n) is 4.61. The smallest absolute Gasteiger partial charge is 0.313 e. The summed E-state index contributed by atoms with van der Waals surface area (Å²) in [6, 6.07) is 0. The molecular formula is C10H16O2. The first-order valence-corrected chi connectivity index (χ1v) is 4.61. The Morgan fingerprint density at radius 1 is 1.75 bits per heavy atom. The fourth-order valence-corrected chi connectivity index (χ4v) is 1.48. The van der Waals surface area contributed by atoms with E-state index in [-0.39, 0.29) is 18.0 Å². The topological polar surface area (TPSA) is 26.3 Å². The van der Waals surface area contributed by atoms with Gasteiger partial charge in [0.1, 0.15) is 6.10 Å². The van der Waals surface area contributed by atoms with Crippen LogP contribution in [0.15, 0.2) is 12.7 Å². The Morgan fingerprint density at radius 3 is 3.00 bits per heavy atom. The summed E-state index contributed by atoms with van der Waals surface area (Å²) in [6.45, 7) is 5.75. The Hall–Kier alpha value is -0.790. The van der Waals surface area contributed by atoms with E-state index in [9.17, 15) is 4.79 Å². The minimum Gasteiger partial charge on any atom is -0.462 e. The van der Waals surface area contributed by atoms with E-state index in [1.165, 1.54) is 0 Å². The zero-order valence-electron chi connectivity index (χ0n) is 7.58. The van der Waals surface area contributed by atoms with E-state index in [1.54, 1.807) is 6.08 Å². The molecule has 2 unspecified atom stereocenters. The average Bonchev–Trinajstić information content (AvgIpc) is 2.43. The highest BCUT2D eigenvalue weighted by molar-refractivity contribution is 5.76. The van der Waals surface area contributed by atoms with Gasteiger partial charge in [-0.1, -0.05) is 25.8 Å². The van der Waals surface area contributed by atoms with E-state index < -0.39 is 0 Å². The zero-order valence-corrected chi connectivity index (χ0v) is 7.58. The average molecular weight is 168 g/mol. The van der Waals surface area contributed by atoms with Crippen molar-refractivity contribution in [3.05, 3.63) is 12.7 Å². The van der Waals surface area contributed by atoms with Gasteiger partial charge >= 0.3 is 5.97 Å². The maximum atomic E-state index is 11.1. The van der Waals surface area contributed by atoms with Gasteiger partial charge < -0.3 is 4.74 Å². The van der Waals surface area contributed by atoms with Crippen LogP contribution in [0, 0.1) is 5.92 Å². The fraction of sp³-hybridized carbons (Fsp3) is 0.700. The van der Waals surface area contributed by atoms with Crippen LogP contribution < -0.4 is 0 Å². The number of hydrogen-bond donors (Lipinski definition) is 0. The third-order valence-electron chi connectivity index (χ3n) is 2.27. The summed E-state index contributed by atoms with van der Waals surface area (Å²) in [7, 11) is 0. The zero-order chi connectivity index (χ0) is 8.97. The summed E-state index contributed by atoms with van der Waals surface area (Å²) in [6.07, 6.45) is 5.98. The number of cyclic esters (lactones) is 1. The predicted molar refractivity (Wildman–Crippen MR) is 47.7 cm³/mol. The van der Waals surface area contributed by atoms with Crippen molar-refractivity contribution in [3.63, 3.8) is 0 Å². The molecule has 0 radical (unpaired) electrons. The van der Waals surface area contributed by atoms with Crippen LogP contribution in [-0.4, -0.2) is 12.1 Å². The molecule has 0 bridgehead atoms. The van der Waals surface area contributed by atoms with Crippen molar-refractivity contribution in [1.82, 2.24) is 0 Å². The minimum atomic E-state index is -0.0916. The molecule has 1 aliphatic rings. The van der Waals surface area contributed by atoms with E-state index in [0.717, 1.165) is 25.7 Å². The Bertz CT molecular complexity index is 175. The van der Waals surface area contributed by atoms with Crippen LogP contribution in [0.2, 0.25) is 0 Å². The molecule has 1 heterocycles. The lowest BCUT2D eigenvalue weighted by Crippen LogP contribution is -2.06. The van der Waals surface area contributed by atoms with E-state index in [1.807, 2.05) is 0 Å². The van der Waals surface area contributed by atoms with Crippen LogP contribution in [0.1, 0.15) is 32.6 Å². The number of ether oxygens (including phenoxy) is 1. The summed E-state index contributed by atoms with van der Waals surface area (Å²) in [5, 5.41) is 0. The molecule has 0 aromatic carbocycles. The molecule has 0 aliphatic carbocycles. The first kappa shape index (κ1) is 9.30. The molecule has 1 fully saturated rings. The third-order valence-corrected chi connectivity index (χ3v) is 2.27. The van der Waals surface area contributed by atoms with Crippen LogP contribution in [0.5, 0.6) is 0 Å². The highest BCUT2D eigenvalue weighted by Gasteiger charge is 2.31. The van der Waals surface area contributed by atoms with Crippen LogP contribution in [0.4, 0.5) is 0 Å². The van der Waals surface area contributed by atoms with Crippen molar-refractivity contribution < 1.29 is 9.53 Å². The molecule has 1 rings (SSSR count). The summed E-state index contributed by atoms with van der Waals surface area (Å²) < 4.78 is 5.16. The standard InChI is InChI=1S/C10H16O2/c1-3-5-6-9-7-8(4-2)10(11)12-9/h4,8-9H,2-3,5-7H2,1H3. The van der Waals surface area contributed by atoms with Crippen molar-refractivity contribution >= 4 is 5.97 Å². The van der Waals surface area contributed by atoms with Gasteiger partial charge in [-0.2, -0.15) is 0 Å². The van der Waals surface area contributed by atoms with Crippen molar-refractivity contribution in [1.29, 1.82) is 0 Å². The molecule has 2 atom stereocenters. The van der Waals surface area contributed by atoms with Gasteiger partial charge in [0.25, 0.3) is 0 Å². The Kier molecular flexibility index (Phi) is 3.32. The molecule has 0 amide bonds. The lowest BCUT2D eigenvalue weighted by molar-refractivity contribution is -0.143. The lowest BCUT2D eigenvalue weighted by atomic mass is 10.0. The van der Waals surface area contributed by atoms with Gasteiger partial charge in [-0.25, -0.2) is 0 Å². The van der Waals surface area contributed by atoms with Gasteiger partial charge in [0.15, 0.2) is 0 Å². The minimum absolute atomic E-state index is 0.0492.